The second-order valence-corrected chi connectivity index (χ2v) is 8.08. The van der Waals surface area contributed by atoms with Gasteiger partial charge < -0.3 is 4.74 Å². The number of carbonyl (C=O) groups excluding carboxylic acids is 1. The monoisotopic (exact) mass is 416 g/mol. The van der Waals surface area contributed by atoms with Crippen molar-refractivity contribution in [3.05, 3.63) is 28.8 Å². The summed E-state index contributed by atoms with van der Waals surface area (Å²) in [5.41, 5.74) is -3.19. The maximum atomic E-state index is 14.2. The highest BCUT2D eigenvalue weighted by molar-refractivity contribution is 7.90. The highest BCUT2D eigenvalue weighted by Gasteiger charge is 2.62. The predicted molar refractivity (Wildman–Crippen MR) is 88.7 cm³/mol. The van der Waals surface area contributed by atoms with Gasteiger partial charge in [0.2, 0.25) is 0 Å². The van der Waals surface area contributed by atoms with E-state index >= 15 is 0 Å². The first-order chi connectivity index (χ1) is 12.3. The van der Waals surface area contributed by atoms with Gasteiger partial charge >= 0.3 is 18.1 Å². The van der Waals surface area contributed by atoms with Gasteiger partial charge in [0.25, 0.3) is 0 Å². The number of hydrogen-bond acceptors (Lipinski definition) is 4. The number of hydrogen-bond donors (Lipinski definition) is 0. The van der Waals surface area contributed by atoms with Crippen molar-refractivity contribution in [2.75, 3.05) is 13.4 Å². The van der Waals surface area contributed by atoms with Crippen molar-refractivity contribution in [3.63, 3.8) is 0 Å². The lowest BCUT2D eigenvalue weighted by Crippen LogP contribution is -2.37. The van der Waals surface area contributed by atoms with Gasteiger partial charge in [0.15, 0.2) is 9.84 Å². The van der Waals surface area contributed by atoms with Crippen LogP contribution in [-0.2, 0) is 26.9 Å². The van der Waals surface area contributed by atoms with Gasteiger partial charge in [-0.25, -0.2) is 13.2 Å². The van der Waals surface area contributed by atoms with E-state index in [1.807, 2.05) is 6.92 Å². The van der Waals surface area contributed by atoms with Gasteiger partial charge in [0, 0.05) is 6.26 Å². The molecule has 0 saturated carbocycles. The number of methoxy groups -OCH3 is 1. The first-order valence-electron chi connectivity index (χ1n) is 8.18. The van der Waals surface area contributed by atoms with Crippen molar-refractivity contribution >= 4 is 15.8 Å². The third-order valence-corrected chi connectivity index (χ3v) is 5.19. The average molecular weight is 416 g/mol. The van der Waals surface area contributed by atoms with E-state index in [0.29, 0.717) is 19.1 Å². The minimum Gasteiger partial charge on any atom is -0.465 e. The first kappa shape index (κ1) is 23.3. The first-order valence-corrected chi connectivity index (χ1v) is 10.1. The molecule has 0 heterocycles. The maximum absolute atomic E-state index is 14.2. The molecule has 1 aromatic rings. The molecule has 4 nitrogen and oxygen atoms in total. The van der Waals surface area contributed by atoms with Crippen LogP contribution >= 0.6 is 0 Å². The molecule has 10 heteroatoms. The van der Waals surface area contributed by atoms with Crippen LogP contribution in [0.25, 0.3) is 0 Å². The largest absolute Gasteiger partial charge is 0.465 e. The van der Waals surface area contributed by atoms with Crippen molar-refractivity contribution in [1.82, 2.24) is 0 Å². The van der Waals surface area contributed by atoms with Crippen LogP contribution in [0.4, 0.5) is 22.0 Å². The molecule has 27 heavy (non-hydrogen) atoms. The number of halogens is 5. The van der Waals surface area contributed by atoms with Crippen LogP contribution in [0.5, 0.6) is 0 Å². The topological polar surface area (TPSA) is 60.4 Å². The number of sulfone groups is 1. The molecule has 0 aliphatic carbocycles. The van der Waals surface area contributed by atoms with E-state index in [1.165, 1.54) is 0 Å². The summed E-state index contributed by atoms with van der Waals surface area (Å²) in [5.74, 6) is -7.02. The summed E-state index contributed by atoms with van der Waals surface area (Å²) in [6, 6.07) is 1.84. The van der Waals surface area contributed by atoms with Crippen LogP contribution in [0.3, 0.4) is 0 Å². The van der Waals surface area contributed by atoms with Gasteiger partial charge in [0.1, 0.15) is 0 Å². The average Bonchev–Trinajstić information content (AvgIpc) is 2.55. The molecule has 1 rings (SSSR count). The number of rotatable bonds is 8. The van der Waals surface area contributed by atoms with Gasteiger partial charge in [-0.15, -0.1) is 0 Å². The van der Waals surface area contributed by atoms with E-state index in [-0.39, 0.29) is 12.0 Å². The molecular weight excluding hydrogens is 395 g/mol. The smallest absolute Gasteiger partial charge is 0.458 e. The van der Waals surface area contributed by atoms with E-state index in [9.17, 15) is 35.2 Å². The molecule has 0 saturated heterocycles. The second kappa shape index (κ2) is 8.53. The highest BCUT2D eigenvalue weighted by atomic mass is 32.2. The minimum absolute atomic E-state index is 0.00913. The van der Waals surface area contributed by atoms with Gasteiger partial charge in [-0.05, 0) is 24.5 Å². The van der Waals surface area contributed by atoms with E-state index in [1.54, 1.807) is 0 Å². The van der Waals surface area contributed by atoms with Crippen molar-refractivity contribution in [1.29, 1.82) is 0 Å². The number of ether oxygens (including phenoxy) is 1. The lowest BCUT2D eigenvalue weighted by molar-refractivity contribution is -0.290. The van der Waals surface area contributed by atoms with Crippen LogP contribution in [-0.4, -0.2) is 33.9 Å². The fraction of sp³-hybridized carbons (Fsp3) is 0.588. The third kappa shape index (κ3) is 5.18. The summed E-state index contributed by atoms with van der Waals surface area (Å²) < 4.78 is 96.1. The van der Waals surface area contributed by atoms with Crippen LogP contribution in [0, 0.1) is 0 Å². The standard InChI is InChI=1S/C17H21F5O4S/c1-4-5-6-7-8-11-9-10-12(15(23)26-2)13(14(11)27(3,24)25)16(18,19)17(20,21)22/h9-10H,4-8H2,1-3H3. The molecule has 0 spiro atoms. The van der Waals surface area contributed by atoms with Gasteiger partial charge in [-0.2, -0.15) is 22.0 Å². The van der Waals surface area contributed by atoms with E-state index in [0.717, 1.165) is 32.1 Å². The van der Waals surface area contributed by atoms with E-state index < -0.39 is 43.9 Å². The Morgan fingerprint density at radius 3 is 2.11 bits per heavy atom. The zero-order chi connectivity index (χ0) is 21.0. The van der Waals surface area contributed by atoms with Crippen molar-refractivity contribution in [2.24, 2.45) is 0 Å². The molecule has 0 amide bonds. The Morgan fingerprint density at radius 1 is 1.07 bits per heavy atom. The maximum Gasteiger partial charge on any atom is 0.458 e. The summed E-state index contributed by atoms with van der Waals surface area (Å²) >= 11 is 0. The van der Waals surface area contributed by atoms with Gasteiger partial charge in [-0.3, -0.25) is 0 Å². The number of carbonyl (C=O) groups is 1. The predicted octanol–water partition coefficient (Wildman–Crippen LogP) is 4.65. The lowest BCUT2D eigenvalue weighted by atomic mass is 9.95. The number of alkyl halides is 5. The summed E-state index contributed by atoms with van der Waals surface area (Å²) in [4.78, 5) is 10.6. The van der Waals surface area contributed by atoms with Crippen LogP contribution in [0.15, 0.2) is 17.0 Å². The Bertz CT molecular complexity index is 785. The summed E-state index contributed by atoms with van der Waals surface area (Å²) in [7, 11) is -3.70. The molecule has 1 aromatic carbocycles. The molecule has 0 radical (unpaired) electrons. The van der Waals surface area contributed by atoms with Crippen molar-refractivity contribution < 1.29 is 39.9 Å². The Balaban J connectivity index is 3.78. The van der Waals surface area contributed by atoms with Crippen LogP contribution in [0.1, 0.15) is 54.1 Å². The van der Waals surface area contributed by atoms with E-state index in [4.69, 9.17) is 0 Å². The quantitative estimate of drug-likeness (QED) is 0.352. The van der Waals surface area contributed by atoms with Gasteiger partial charge in [0.05, 0.1) is 23.1 Å². The Morgan fingerprint density at radius 2 is 1.67 bits per heavy atom. The van der Waals surface area contributed by atoms with Crippen LogP contribution < -0.4 is 0 Å². The normalized spacial score (nSPS) is 12.9. The molecule has 0 aliphatic heterocycles. The fourth-order valence-electron chi connectivity index (χ4n) is 2.72. The zero-order valence-corrected chi connectivity index (χ0v) is 15.9. The number of unbranched alkanes of at least 4 members (excludes halogenated alkanes) is 3. The Hall–Kier alpha value is -1.71. The Labute approximate surface area is 154 Å². The molecular formula is C17H21F5O4S. The number of esters is 1. The van der Waals surface area contributed by atoms with E-state index in [2.05, 4.69) is 4.74 Å². The zero-order valence-electron chi connectivity index (χ0n) is 15.1. The molecule has 0 N–H and O–H groups in total. The molecule has 0 fully saturated rings. The van der Waals surface area contributed by atoms with Crippen LogP contribution in [0.2, 0.25) is 0 Å². The van der Waals surface area contributed by atoms with Crippen molar-refractivity contribution in [3.8, 4) is 0 Å². The SMILES string of the molecule is CCCCCCc1ccc(C(=O)OC)c(C(F)(F)C(F)(F)F)c1S(C)(=O)=O. The summed E-state index contributed by atoms with van der Waals surface area (Å²) in [6.07, 6.45) is -2.83. The second-order valence-electron chi connectivity index (χ2n) is 6.12. The van der Waals surface area contributed by atoms with Gasteiger partial charge in [-0.1, -0.05) is 32.3 Å². The summed E-state index contributed by atoms with van der Waals surface area (Å²) in [6.45, 7) is 1.93. The summed E-state index contributed by atoms with van der Waals surface area (Å²) in [5, 5.41) is 0. The Kier molecular flexibility index (Phi) is 7.37. The lowest BCUT2D eigenvalue weighted by Gasteiger charge is -2.25. The van der Waals surface area contributed by atoms with Crippen molar-refractivity contribution in [2.45, 2.75) is 56.0 Å². The molecule has 0 aromatic heterocycles. The molecule has 0 bridgehead atoms. The highest BCUT2D eigenvalue weighted by Crippen LogP contribution is 2.48. The molecule has 154 valence electrons. The number of aryl methyl sites for hydroxylation is 1. The third-order valence-electron chi connectivity index (χ3n) is 3.99. The molecule has 0 atom stereocenters. The minimum atomic E-state index is -6.09. The molecule has 0 unspecified atom stereocenters. The molecule has 0 aliphatic rings. The number of benzene rings is 1. The fourth-order valence-corrected chi connectivity index (χ4v) is 3.98.